The molecule has 0 atom stereocenters. The molecular weight excluding hydrogens is 373 g/mol. The number of hydrogen-bond acceptors (Lipinski definition) is 6. The van der Waals surface area contributed by atoms with Crippen molar-refractivity contribution in [3.63, 3.8) is 0 Å². The normalized spacial score (nSPS) is 10.9. The summed E-state index contributed by atoms with van der Waals surface area (Å²) in [6, 6.07) is 13.6. The van der Waals surface area contributed by atoms with Crippen LogP contribution in [0.15, 0.2) is 48.5 Å². The molecule has 0 aliphatic rings. The minimum absolute atomic E-state index is 0.129. The van der Waals surface area contributed by atoms with E-state index in [1.54, 1.807) is 7.85 Å². The smallest absolute Gasteiger partial charge is 0.411 e. The fourth-order valence-corrected chi connectivity index (χ4v) is 2.42. The first-order chi connectivity index (χ1) is 12.7. The highest BCUT2D eigenvalue weighted by Gasteiger charge is 2.13. The van der Waals surface area contributed by atoms with Crippen LogP contribution in [0.1, 0.15) is 15.9 Å². The van der Waals surface area contributed by atoms with Crippen LogP contribution in [0.25, 0.3) is 0 Å². The Morgan fingerprint density at radius 1 is 1.07 bits per heavy atom. The van der Waals surface area contributed by atoms with Gasteiger partial charge in [-0.3, -0.25) is 9.87 Å². The van der Waals surface area contributed by atoms with Crippen molar-refractivity contribution in [2.24, 2.45) is 0 Å². The molecule has 0 aliphatic carbocycles. The number of anilines is 1. The molecule has 0 aromatic heterocycles. The van der Waals surface area contributed by atoms with Gasteiger partial charge in [-0.25, -0.2) is 9.59 Å². The Hall–Kier alpha value is -2.85. The predicted molar refractivity (Wildman–Crippen MR) is 102 cm³/mol. The van der Waals surface area contributed by atoms with Gasteiger partial charge in [0.2, 0.25) is 0 Å². The molecule has 0 radical (unpaired) electrons. The Kier molecular flexibility index (Phi) is 6.97. The SMILES string of the molecule is Bc1cc(C(=O)OCCS(=O)(=O)O)ccc1NC(=O)OCc1ccccc1. The van der Waals surface area contributed by atoms with Crippen LogP contribution in [0.4, 0.5) is 10.5 Å². The summed E-state index contributed by atoms with van der Waals surface area (Å²) >= 11 is 0. The first-order valence-electron chi connectivity index (χ1n) is 7.95. The summed E-state index contributed by atoms with van der Waals surface area (Å²) in [5, 5.41) is 2.58. The number of carbonyl (C=O) groups excluding carboxylic acids is 2. The van der Waals surface area contributed by atoms with Crippen molar-refractivity contribution >= 4 is 41.2 Å². The monoisotopic (exact) mass is 391 g/mol. The van der Waals surface area contributed by atoms with Gasteiger partial charge >= 0.3 is 12.1 Å². The topological polar surface area (TPSA) is 119 Å². The van der Waals surface area contributed by atoms with Crippen LogP contribution in [0, 0.1) is 0 Å². The molecule has 2 rings (SSSR count). The Morgan fingerprint density at radius 3 is 2.41 bits per heavy atom. The largest absolute Gasteiger partial charge is 0.461 e. The number of benzene rings is 2. The van der Waals surface area contributed by atoms with Gasteiger partial charge < -0.3 is 9.47 Å². The Labute approximate surface area is 157 Å². The maximum absolute atomic E-state index is 11.9. The van der Waals surface area contributed by atoms with Crippen LogP contribution in [0.2, 0.25) is 0 Å². The van der Waals surface area contributed by atoms with Gasteiger partial charge in [-0.1, -0.05) is 41.9 Å². The average molecular weight is 391 g/mol. The van der Waals surface area contributed by atoms with Crippen molar-refractivity contribution in [3.8, 4) is 0 Å². The van der Waals surface area contributed by atoms with Crippen molar-refractivity contribution < 1.29 is 32.0 Å². The van der Waals surface area contributed by atoms with E-state index >= 15 is 0 Å². The molecule has 10 heteroatoms. The average Bonchev–Trinajstić information content (AvgIpc) is 2.61. The Morgan fingerprint density at radius 2 is 1.78 bits per heavy atom. The van der Waals surface area contributed by atoms with Gasteiger partial charge in [0, 0.05) is 5.69 Å². The first kappa shape index (κ1) is 20.5. The van der Waals surface area contributed by atoms with E-state index in [9.17, 15) is 18.0 Å². The van der Waals surface area contributed by atoms with E-state index in [0.29, 0.717) is 11.2 Å². The van der Waals surface area contributed by atoms with Crippen LogP contribution in [0.5, 0.6) is 0 Å². The second-order valence-electron chi connectivity index (χ2n) is 5.64. The van der Waals surface area contributed by atoms with Gasteiger partial charge in [0.1, 0.15) is 26.8 Å². The predicted octanol–water partition coefficient (Wildman–Crippen LogP) is 0.738. The van der Waals surface area contributed by atoms with Gasteiger partial charge in [-0.15, -0.1) is 0 Å². The third-order valence-electron chi connectivity index (χ3n) is 3.49. The lowest BCUT2D eigenvalue weighted by Crippen LogP contribution is -2.21. The summed E-state index contributed by atoms with van der Waals surface area (Å²) in [4.78, 5) is 23.8. The van der Waals surface area contributed by atoms with Crippen LogP contribution < -0.4 is 10.8 Å². The zero-order valence-electron chi connectivity index (χ0n) is 14.5. The molecule has 0 unspecified atom stereocenters. The van der Waals surface area contributed by atoms with Crippen LogP contribution in [-0.4, -0.2) is 45.2 Å². The summed E-state index contributed by atoms with van der Waals surface area (Å²) in [6.07, 6.45) is -0.634. The molecule has 27 heavy (non-hydrogen) atoms. The van der Waals surface area contributed by atoms with Gasteiger partial charge in [0.15, 0.2) is 0 Å². The lowest BCUT2D eigenvalue weighted by Gasteiger charge is -2.11. The highest BCUT2D eigenvalue weighted by Crippen LogP contribution is 2.09. The molecule has 8 nitrogen and oxygen atoms in total. The van der Waals surface area contributed by atoms with Gasteiger partial charge in [0.25, 0.3) is 10.1 Å². The highest BCUT2D eigenvalue weighted by atomic mass is 32.2. The van der Waals surface area contributed by atoms with E-state index in [1.165, 1.54) is 18.2 Å². The number of rotatable bonds is 7. The molecule has 0 saturated heterocycles. The molecule has 1 amide bonds. The van der Waals surface area contributed by atoms with Crippen molar-refractivity contribution in [3.05, 3.63) is 59.7 Å². The number of hydrogen-bond donors (Lipinski definition) is 2. The van der Waals surface area contributed by atoms with E-state index in [1.807, 2.05) is 30.3 Å². The maximum Gasteiger partial charge on any atom is 0.411 e. The number of ether oxygens (including phenoxy) is 2. The molecule has 0 heterocycles. The minimum Gasteiger partial charge on any atom is -0.461 e. The van der Waals surface area contributed by atoms with Crippen molar-refractivity contribution in [2.75, 3.05) is 17.7 Å². The van der Waals surface area contributed by atoms with E-state index < -0.39 is 34.5 Å². The second kappa shape index (κ2) is 9.20. The van der Waals surface area contributed by atoms with Gasteiger partial charge in [-0.2, -0.15) is 8.42 Å². The van der Waals surface area contributed by atoms with Crippen molar-refractivity contribution in [2.45, 2.75) is 6.61 Å². The third kappa shape index (κ3) is 7.12. The summed E-state index contributed by atoms with van der Waals surface area (Å²) in [5.41, 5.74) is 2.09. The maximum atomic E-state index is 11.9. The molecule has 0 spiro atoms. The molecule has 0 fully saturated rings. The molecule has 142 valence electrons. The van der Waals surface area contributed by atoms with Crippen LogP contribution in [-0.2, 0) is 26.2 Å². The molecule has 2 N–H and O–H groups in total. The van der Waals surface area contributed by atoms with E-state index in [2.05, 4.69) is 5.32 Å². The van der Waals surface area contributed by atoms with Crippen molar-refractivity contribution in [1.82, 2.24) is 0 Å². The molecule has 0 bridgehead atoms. The first-order valence-corrected chi connectivity index (χ1v) is 9.56. The van der Waals surface area contributed by atoms with E-state index in [0.717, 1.165) is 5.56 Å². The summed E-state index contributed by atoms with van der Waals surface area (Å²) in [6.45, 7) is -0.327. The Bertz CT molecular complexity index is 916. The summed E-state index contributed by atoms with van der Waals surface area (Å²) in [5.74, 6) is -1.41. The Balaban J connectivity index is 1.89. The number of esters is 1. The van der Waals surface area contributed by atoms with E-state index in [4.69, 9.17) is 14.0 Å². The summed E-state index contributed by atoms with van der Waals surface area (Å²) < 4.78 is 39.7. The van der Waals surface area contributed by atoms with Gasteiger partial charge in [0.05, 0.1) is 5.56 Å². The van der Waals surface area contributed by atoms with Gasteiger partial charge in [-0.05, 0) is 17.7 Å². The fraction of sp³-hybridized carbons (Fsp3) is 0.176. The summed E-state index contributed by atoms with van der Waals surface area (Å²) in [7, 11) is -2.51. The quantitative estimate of drug-likeness (QED) is 0.406. The van der Waals surface area contributed by atoms with E-state index in [-0.39, 0.29) is 12.2 Å². The zero-order chi connectivity index (χ0) is 19.9. The highest BCUT2D eigenvalue weighted by molar-refractivity contribution is 7.85. The third-order valence-corrected chi connectivity index (χ3v) is 4.17. The zero-order valence-corrected chi connectivity index (χ0v) is 15.4. The lowest BCUT2D eigenvalue weighted by molar-refractivity contribution is 0.0528. The second-order valence-corrected chi connectivity index (χ2v) is 7.21. The molecule has 2 aromatic rings. The van der Waals surface area contributed by atoms with Crippen LogP contribution >= 0.6 is 0 Å². The number of amides is 1. The minimum atomic E-state index is -4.19. The molecular formula is C17H18BNO7S. The lowest BCUT2D eigenvalue weighted by atomic mass is 9.92. The molecule has 2 aromatic carbocycles. The van der Waals surface area contributed by atoms with Crippen LogP contribution in [0.3, 0.4) is 0 Å². The van der Waals surface area contributed by atoms with Crippen molar-refractivity contribution in [1.29, 1.82) is 0 Å². The molecule has 0 saturated carbocycles. The standard InChI is InChI=1S/C17H18BNO7S/c18-14-10-13(16(20)25-8-9-27(22,23)24)6-7-15(14)19-17(21)26-11-12-4-2-1-3-5-12/h1-7,10H,8-9,11,18H2,(H,19,21)(H,22,23,24). The number of carbonyl (C=O) groups is 2. The fourth-order valence-electron chi connectivity index (χ4n) is 2.12. The molecule has 0 aliphatic heterocycles. The number of nitrogens with one attached hydrogen (secondary N) is 1.